The summed E-state index contributed by atoms with van der Waals surface area (Å²) in [6.07, 6.45) is 2.57. The van der Waals surface area contributed by atoms with Gasteiger partial charge in [-0.1, -0.05) is 13.0 Å². The number of nitrogens with zero attached hydrogens (tertiary/aromatic N) is 1. The molecule has 0 spiro atoms. The zero-order valence-electron chi connectivity index (χ0n) is 16.2. The fourth-order valence-corrected chi connectivity index (χ4v) is 2.74. The van der Waals surface area contributed by atoms with Gasteiger partial charge in [0.15, 0.2) is 5.78 Å². The van der Waals surface area contributed by atoms with Gasteiger partial charge < -0.3 is 14.5 Å². The molecule has 0 unspecified atom stereocenters. The zero-order chi connectivity index (χ0) is 20.8. The van der Waals surface area contributed by atoms with Gasteiger partial charge in [-0.15, -0.1) is 0 Å². The van der Waals surface area contributed by atoms with Gasteiger partial charge in [0.05, 0.1) is 5.56 Å². The highest BCUT2D eigenvalue weighted by molar-refractivity contribution is 5.99. The number of carbonyl (C=O) groups is 2. The summed E-state index contributed by atoms with van der Waals surface area (Å²) in [5.41, 5.74) is 1.91. The number of ketones is 1. The summed E-state index contributed by atoms with van der Waals surface area (Å²) >= 11 is 0. The minimum atomic E-state index is -0.379. The fraction of sp³-hybridized carbons (Fsp3) is 0.227. The molecule has 0 bridgehead atoms. The molecule has 0 aliphatic carbocycles. The van der Waals surface area contributed by atoms with E-state index < -0.39 is 0 Å². The van der Waals surface area contributed by atoms with Gasteiger partial charge in [-0.25, -0.2) is 9.37 Å². The number of carbonyl (C=O) groups excluding carboxylic acids is 2. The number of rotatable bonds is 8. The normalized spacial score (nSPS) is 10.6. The van der Waals surface area contributed by atoms with Crippen molar-refractivity contribution in [3.05, 3.63) is 65.8 Å². The highest BCUT2D eigenvalue weighted by Crippen LogP contribution is 2.25. The third-order valence-electron chi connectivity index (χ3n) is 4.12. The van der Waals surface area contributed by atoms with E-state index in [0.29, 0.717) is 34.7 Å². The molecule has 2 aromatic carbocycles. The molecule has 3 rings (SSSR count). The third-order valence-corrected chi connectivity index (χ3v) is 4.12. The summed E-state index contributed by atoms with van der Waals surface area (Å²) in [5, 5.41) is 2.76. The minimum Gasteiger partial charge on any atom is -0.486 e. The summed E-state index contributed by atoms with van der Waals surface area (Å²) in [6.45, 7) is 3.42. The van der Waals surface area contributed by atoms with E-state index in [1.807, 2.05) is 6.92 Å². The Bertz CT molecular complexity index is 1030. The number of aromatic nitrogens is 1. The lowest BCUT2D eigenvalue weighted by Gasteiger charge is -2.11. The summed E-state index contributed by atoms with van der Waals surface area (Å²) < 4.78 is 24.5. The van der Waals surface area contributed by atoms with Crippen LogP contribution in [-0.2, 0) is 11.4 Å². The van der Waals surface area contributed by atoms with Gasteiger partial charge in [-0.3, -0.25) is 9.59 Å². The van der Waals surface area contributed by atoms with Gasteiger partial charge in [0.25, 0.3) is 0 Å². The second-order valence-electron chi connectivity index (χ2n) is 6.51. The molecule has 0 aliphatic rings. The lowest BCUT2D eigenvalue weighted by molar-refractivity contribution is -0.116. The van der Waals surface area contributed by atoms with E-state index in [1.54, 1.807) is 30.3 Å². The van der Waals surface area contributed by atoms with Crippen molar-refractivity contribution in [3.8, 4) is 17.2 Å². The SMILES string of the molecule is CCCC(=O)Nc1ccc(OCc2coc(-c3cccc(F)c3)n2)c(C(C)=O)c1. The molecule has 1 heterocycles. The Morgan fingerprint density at radius 1 is 1.21 bits per heavy atom. The fourth-order valence-electron chi connectivity index (χ4n) is 2.74. The van der Waals surface area contributed by atoms with Crippen LogP contribution in [0, 0.1) is 5.82 Å². The second kappa shape index (κ2) is 9.14. The van der Waals surface area contributed by atoms with Crippen molar-refractivity contribution in [2.75, 3.05) is 5.32 Å². The van der Waals surface area contributed by atoms with Crippen LogP contribution in [-0.4, -0.2) is 16.7 Å². The molecule has 7 heteroatoms. The van der Waals surface area contributed by atoms with Crippen LogP contribution in [0.3, 0.4) is 0 Å². The van der Waals surface area contributed by atoms with Gasteiger partial charge >= 0.3 is 0 Å². The molecule has 3 aromatic rings. The first-order valence-electron chi connectivity index (χ1n) is 9.24. The molecular weight excluding hydrogens is 375 g/mol. The Morgan fingerprint density at radius 3 is 2.76 bits per heavy atom. The number of hydrogen-bond donors (Lipinski definition) is 1. The minimum absolute atomic E-state index is 0.0701. The number of Topliss-reactive ketones (excluding diaryl/α,β-unsaturated/α-hetero) is 1. The average Bonchev–Trinajstić information content (AvgIpc) is 3.16. The topological polar surface area (TPSA) is 81.4 Å². The number of halogens is 1. The van der Waals surface area contributed by atoms with Gasteiger partial charge in [0.2, 0.25) is 11.8 Å². The average molecular weight is 396 g/mol. The largest absolute Gasteiger partial charge is 0.486 e. The molecule has 1 amide bonds. The number of anilines is 1. The van der Waals surface area contributed by atoms with Crippen molar-refractivity contribution in [1.82, 2.24) is 4.98 Å². The van der Waals surface area contributed by atoms with E-state index in [4.69, 9.17) is 9.15 Å². The van der Waals surface area contributed by atoms with Gasteiger partial charge in [-0.2, -0.15) is 0 Å². The third kappa shape index (κ3) is 5.28. The van der Waals surface area contributed by atoms with Crippen molar-refractivity contribution in [1.29, 1.82) is 0 Å². The van der Waals surface area contributed by atoms with Crippen molar-refractivity contribution in [2.45, 2.75) is 33.3 Å². The maximum atomic E-state index is 13.4. The van der Waals surface area contributed by atoms with Crippen molar-refractivity contribution in [2.24, 2.45) is 0 Å². The van der Waals surface area contributed by atoms with Gasteiger partial charge in [0, 0.05) is 17.7 Å². The highest BCUT2D eigenvalue weighted by atomic mass is 19.1. The molecular formula is C22H21FN2O4. The first kappa shape index (κ1) is 20.3. The number of hydrogen-bond acceptors (Lipinski definition) is 5. The summed E-state index contributed by atoms with van der Waals surface area (Å²) in [5.74, 6) is -0.0174. The maximum absolute atomic E-state index is 13.4. The number of benzene rings is 2. The Kier molecular flexibility index (Phi) is 6.39. The molecule has 0 saturated carbocycles. The number of amides is 1. The van der Waals surface area contributed by atoms with E-state index in [-0.39, 0.29) is 30.0 Å². The van der Waals surface area contributed by atoms with Crippen LogP contribution in [0.2, 0.25) is 0 Å². The molecule has 0 saturated heterocycles. The lowest BCUT2D eigenvalue weighted by atomic mass is 10.1. The van der Waals surface area contributed by atoms with Crippen molar-refractivity contribution in [3.63, 3.8) is 0 Å². The molecule has 0 radical (unpaired) electrons. The standard InChI is InChI=1S/C22H21FN2O4/c1-3-5-21(27)24-17-8-9-20(19(11-17)14(2)26)28-12-18-13-29-22(25-18)15-6-4-7-16(23)10-15/h4,6-11,13H,3,5,12H2,1-2H3,(H,24,27). The molecule has 6 nitrogen and oxygen atoms in total. The summed E-state index contributed by atoms with van der Waals surface area (Å²) in [6, 6.07) is 10.8. The van der Waals surface area contributed by atoms with E-state index in [9.17, 15) is 14.0 Å². The summed E-state index contributed by atoms with van der Waals surface area (Å²) in [4.78, 5) is 28.0. The van der Waals surface area contributed by atoms with Crippen molar-refractivity contribution >= 4 is 17.4 Å². The number of ether oxygens (including phenoxy) is 1. The smallest absolute Gasteiger partial charge is 0.226 e. The molecule has 1 aromatic heterocycles. The van der Waals surface area contributed by atoms with E-state index in [1.165, 1.54) is 25.3 Å². The van der Waals surface area contributed by atoms with Crippen LogP contribution in [0.15, 0.2) is 53.1 Å². The molecule has 1 N–H and O–H groups in total. The predicted octanol–water partition coefficient (Wildman–Crippen LogP) is 5.00. The zero-order valence-corrected chi connectivity index (χ0v) is 16.2. The Hall–Kier alpha value is -3.48. The molecule has 29 heavy (non-hydrogen) atoms. The predicted molar refractivity (Wildman–Crippen MR) is 106 cm³/mol. The molecule has 150 valence electrons. The quantitative estimate of drug-likeness (QED) is 0.542. The number of oxazole rings is 1. The monoisotopic (exact) mass is 396 g/mol. The van der Waals surface area contributed by atoms with Gasteiger partial charge in [-0.05, 0) is 49.7 Å². The maximum Gasteiger partial charge on any atom is 0.226 e. The Balaban J connectivity index is 1.71. The molecule has 0 aliphatic heterocycles. The van der Waals surface area contributed by atoms with E-state index >= 15 is 0 Å². The highest BCUT2D eigenvalue weighted by Gasteiger charge is 2.13. The van der Waals surface area contributed by atoms with Crippen LogP contribution in [0.5, 0.6) is 5.75 Å². The van der Waals surface area contributed by atoms with Crippen LogP contribution >= 0.6 is 0 Å². The van der Waals surface area contributed by atoms with Crippen LogP contribution in [0.25, 0.3) is 11.5 Å². The Morgan fingerprint density at radius 2 is 2.03 bits per heavy atom. The van der Waals surface area contributed by atoms with Gasteiger partial charge in [0.1, 0.15) is 30.1 Å². The first-order chi connectivity index (χ1) is 14.0. The van der Waals surface area contributed by atoms with Crippen LogP contribution < -0.4 is 10.1 Å². The lowest BCUT2D eigenvalue weighted by Crippen LogP contribution is -2.11. The van der Waals surface area contributed by atoms with Crippen LogP contribution in [0.4, 0.5) is 10.1 Å². The van der Waals surface area contributed by atoms with E-state index in [0.717, 1.165) is 6.42 Å². The first-order valence-corrected chi connectivity index (χ1v) is 9.24. The molecule has 0 fully saturated rings. The molecule has 0 atom stereocenters. The second-order valence-corrected chi connectivity index (χ2v) is 6.51. The summed E-state index contributed by atoms with van der Waals surface area (Å²) in [7, 11) is 0. The van der Waals surface area contributed by atoms with E-state index in [2.05, 4.69) is 10.3 Å². The number of nitrogens with one attached hydrogen (secondary N) is 1. The Labute approximate surface area is 167 Å². The van der Waals surface area contributed by atoms with Crippen LogP contribution in [0.1, 0.15) is 42.7 Å². The van der Waals surface area contributed by atoms with Crippen molar-refractivity contribution < 1.29 is 23.1 Å².